The molecule has 0 heterocycles. The van der Waals surface area contributed by atoms with Gasteiger partial charge in [-0.2, -0.15) is 0 Å². The second kappa shape index (κ2) is 10.9. The number of allylic oxidation sites excluding steroid dienone is 3. The number of hydrogen-bond donors (Lipinski definition) is 0. The van der Waals surface area contributed by atoms with Crippen LogP contribution >= 0.6 is 17.2 Å². The fourth-order valence-electron chi connectivity index (χ4n) is 3.27. The molecule has 0 aliphatic carbocycles. The Morgan fingerprint density at radius 2 is 1.32 bits per heavy atom. The molecule has 0 saturated carbocycles. The van der Waals surface area contributed by atoms with Gasteiger partial charge in [0.15, 0.2) is 0 Å². The maximum absolute atomic E-state index is 7.61. The molecule has 0 aromatic rings. The first kappa shape index (κ1) is 22.2. The van der Waals surface area contributed by atoms with Gasteiger partial charge in [0, 0.05) is 0 Å². The second-order valence-corrected chi connectivity index (χ2v) is 15.6. The van der Waals surface area contributed by atoms with Crippen molar-refractivity contribution in [3.8, 4) is 0 Å². The minimum atomic E-state index is -2.11. The van der Waals surface area contributed by atoms with Gasteiger partial charge in [0.25, 0.3) is 0 Å². The van der Waals surface area contributed by atoms with E-state index >= 15 is 0 Å². The molecule has 0 fully saturated rings. The Hall–Kier alpha value is 0.200. The normalized spacial score (nSPS) is 14.6. The van der Waals surface area contributed by atoms with Gasteiger partial charge in [-0.3, -0.25) is 0 Å². The predicted octanol–water partition coefficient (Wildman–Crippen LogP) is 8.01. The van der Waals surface area contributed by atoms with Crippen LogP contribution in [0.25, 0.3) is 0 Å². The van der Waals surface area contributed by atoms with Crippen molar-refractivity contribution in [3.05, 3.63) is 23.8 Å². The van der Waals surface area contributed by atoms with E-state index in [-0.39, 0.29) is 0 Å². The van der Waals surface area contributed by atoms with Gasteiger partial charge in [-0.15, -0.1) is 0 Å². The average Bonchev–Trinajstić information content (AvgIpc) is 2.48. The van der Waals surface area contributed by atoms with Gasteiger partial charge in [0.05, 0.1) is 0 Å². The first-order valence-electron chi connectivity index (χ1n) is 9.31. The molecule has 0 aromatic carbocycles. The molecule has 0 unspecified atom stereocenters. The molecule has 0 saturated heterocycles. The number of halogens is 1. The number of rotatable bonds is 13. The van der Waals surface area contributed by atoms with E-state index in [9.17, 15) is 0 Å². The molecule has 0 amide bonds. The zero-order valence-electron chi connectivity index (χ0n) is 15.9. The predicted molar refractivity (Wildman–Crippen MR) is 110 cm³/mol. The van der Waals surface area contributed by atoms with Crippen LogP contribution in [0, 0.1) is 0 Å². The quantitative estimate of drug-likeness (QED) is 0.234. The maximum atomic E-state index is 7.61. The van der Waals surface area contributed by atoms with Gasteiger partial charge < -0.3 is 0 Å². The first-order chi connectivity index (χ1) is 10.3. The summed E-state index contributed by atoms with van der Waals surface area (Å²) in [7, 11) is 0. The van der Waals surface area contributed by atoms with Crippen LogP contribution in [0.4, 0.5) is 0 Å². The van der Waals surface area contributed by atoms with Crippen LogP contribution in [0.1, 0.15) is 79.6 Å². The van der Waals surface area contributed by atoms with Crippen molar-refractivity contribution in [1.82, 2.24) is 0 Å². The van der Waals surface area contributed by atoms with E-state index in [1.165, 1.54) is 74.3 Å². The molecule has 0 nitrogen and oxygen atoms in total. The third kappa shape index (κ3) is 8.73. The molecule has 132 valence electrons. The van der Waals surface area contributed by atoms with Crippen molar-refractivity contribution >= 4 is 17.2 Å². The third-order valence-corrected chi connectivity index (χ3v) is 12.1. The van der Waals surface area contributed by atoms with Crippen LogP contribution in [0.5, 0.6) is 0 Å². The van der Waals surface area contributed by atoms with Crippen LogP contribution in [0.2, 0.25) is 0 Å². The Balaban J connectivity index is 5.29. The Morgan fingerprint density at radius 3 is 1.64 bits per heavy atom. The van der Waals surface area contributed by atoms with Crippen LogP contribution in [-0.4, -0.2) is 24.6 Å². The van der Waals surface area contributed by atoms with Crippen molar-refractivity contribution in [2.24, 2.45) is 0 Å². The molecular formula is C20H40ClP. The van der Waals surface area contributed by atoms with Crippen LogP contribution in [0.3, 0.4) is 0 Å². The van der Waals surface area contributed by atoms with E-state index in [2.05, 4.69) is 47.3 Å². The van der Waals surface area contributed by atoms with Crippen molar-refractivity contribution in [1.29, 1.82) is 0 Å². The van der Waals surface area contributed by atoms with Gasteiger partial charge in [-0.25, -0.2) is 0 Å². The van der Waals surface area contributed by atoms with E-state index < -0.39 is 5.96 Å². The molecule has 0 radical (unpaired) electrons. The molecule has 22 heavy (non-hydrogen) atoms. The fourth-order valence-corrected chi connectivity index (χ4v) is 10.8. The molecule has 0 aliphatic heterocycles. The molecule has 0 N–H and O–H groups in total. The summed E-state index contributed by atoms with van der Waals surface area (Å²) in [6.45, 7) is 15.3. The van der Waals surface area contributed by atoms with Gasteiger partial charge in [0.2, 0.25) is 0 Å². The summed E-state index contributed by atoms with van der Waals surface area (Å²) in [5.41, 5.74) is 2.74. The van der Waals surface area contributed by atoms with E-state index in [0.717, 1.165) is 6.42 Å². The summed E-state index contributed by atoms with van der Waals surface area (Å²) in [5, 5.41) is 0. The van der Waals surface area contributed by atoms with Crippen LogP contribution in [-0.2, 0) is 0 Å². The van der Waals surface area contributed by atoms with Crippen molar-refractivity contribution in [2.45, 2.75) is 79.6 Å². The second-order valence-electron chi connectivity index (χ2n) is 7.42. The zero-order chi connectivity index (χ0) is 17.1. The first-order valence-corrected chi connectivity index (χ1v) is 13.2. The molecule has 0 aromatic heterocycles. The standard InChI is InChI=1S/C20H40ClP/c1-7-10-15-22(21,16-11-8-2,17-12-9-3)18-20(6)14-13-19(4)5/h14H,4,7-13,15-18H2,1-3,5-6H3/b20-14+. The number of hydrogen-bond acceptors (Lipinski definition) is 0. The summed E-state index contributed by atoms with van der Waals surface area (Å²) >= 11 is 7.61. The fraction of sp³-hybridized carbons (Fsp3) is 0.800. The van der Waals surface area contributed by atoms with Crippen LogP contribution < -0.4 is 0 Å². The SMILES string of the molecule is C=C(C)C/C=C(\C)CP(Cl)(CCCC)(CCCC)CCCC. The van der Waals surface area contributed by atoms with Gasteiger partial charge in [-0.05, 0) is 0 Å². The average molecular weight is 347 g/mol. The monoisotopic (exact) mass is 346 g/mol. The molecule has 0 aliphatic rings. The minimum absolute atomic E-state index is 1.00. The summed E-state index contributed by atoms with van der Waals surface area (Å²) in [4.78, 5) is 0. The van der Waals surface area contributed by atoms with Crippen molar-refractivity contribution in [3.63, 3.8) is 0 Å². The molecule has 0 spiro atoms. The summed E-state index contributed by atoms with van der Waals surface area (Å²) in [5.74, 6) is -2.11. The van der Waals surface area contributed by atoms with Crippen LogP contribution in [0.15, 0.2) is 23.8 Å². The van der Waals surface area contributed by atoms with E-state index in [0.29, 0.717) is 0 Å². The van der Waals surface area contributed by atoms with E-state index in [1.807, 2.05) is 0 Å². The molecule has 0 rings (SSSR count). The summed E-state index contributed by atoms with van der Waals surface area (Å²) in [6, 6.07) is 0. The third-order valence-electron chi connectivity index (χ3n) is 4.66. The van der Waals surface area contributed by atoms with E-state index in [4.69, 9.17) is 11.2 Å². The molecular weight excluding hydrogens is 307 g/mol. The summed E-state index contributed by atoms with van der Waals surface area (Å²) in [6.07, 6.45) is 16.0. The Bertz CT molecular complexity index is 332. The van der Waals surface area contributed by atoms with Gasteiger partial charge in [-0.1, -0.05) is 0 Å². The Morgan fingerprint density at radius 1 is 0.909 bits per heavy atom. The Labute approximate surface area is 145 Å². The molecule has 0 atom stereocenters. The van der Waals surface area contributed by atoms with Crippen molar-refractivity contribution < 1.29 is 0 Å². The number of unbranched alkanes of at least 4 members (excludes halogenated alkanes) is 3. The topological polar surface area (TPSA) is 0 Å². The molecule has 2 heteroatoms. The molecule has 0 bridgehead atoms. The summed E-state index contributed by atoms with van der Waals surface area (Å²) < 4.78 is 0. The Kier molecular flexibility index (Phi) is 11.0. The van der Waals surface area contributed by atoms with Crippen molar-refractivity contribution in [2.75, 3.05) is 24.6 Å². The van der Waals surface area contributed by atoms with E-state index in [1.54, 1.807) is 0 Å². The van der Waals surface area contributed by atoms with Gasteiger partial charge >= 0.3 is 145 Å². The zero-order valence-corrected chi connectivity index (χ0v) is 17.5. The van der Waals surface area contributed by atoms with Gasteiger partial charge in [0.1, 0.15) is 0 Å².